The van der Waals surface area contributed by atoms with Crippen LogP contribution in [0.2, 0.25) is 0 Å². The van der Waals surface area contributed by atoms with Gasteiger partial charge in [-0.05, 0) is 79.3 Å². The van der Waals surface area contributed by atoms with E-state index in [1.165, 1.54) is 24.1 Å². The SMILES string of the molecule is Cc1cc(NC(=O)c2c3c(c(Br)n2C)SN[C@H]2CN(C(=O)OC(C)(C)C)C[C@H]2CO3)ccc1F. The summed E-state index contributed by atoms with van der Waals surface area (Å²) in [5, 5.41) is 2.83. The van der Waals surface area contributed by atoms with Crippen LogP contribution in [0.4, 0.5) is 14.9 Å². The number of rotatable bonds is 2. The maximum atomic E-state index is 13.6. The van der Waals surface area contributed by atoms with Crippen molar-refractivity contribution < 1.29 is 23.5 Å². The Kier molecular flexibility index (Phi) is 6.90. The van der Waals surface area contributed by atoms with Crippen LogP contribution in [0.15, 0.2) is 27.7 Å². The zero-order valence-electron chi connectivity index (χ0n) is 19.7. The summed E-state index contributed by atoms with van der Waals surface area (Å²) in [6.45, 7) is 8.50. The van der Waals surface area contributed by atoms with Gasteiger partial charge in [0.05, 0.1) is 11.5 Å². The molecule has 11 heteroatoms. The molecule has 1 fully saturated rings. The molecule has 1 aromatic heterocycles. The summed E-state index contributed by atoms with van der Waals surface area (Å²) in [6, 6.07) is 4.44. The average molecular weight is 555 g/mol. The Morgan fingerprint density at radius 1 is 1.32 bits per heavy atom. The van der Waals surface area contributed by atoms with Crippen molar-refractivity contribution in [3.8, 4) is 5.75 Å². The van der Waals surface area contributed by atoms with E-state index in [1.807, 2.05) is 20.8 Å². The lowest BCUT2D eigenvalue weighted by Crippen LogP contribution is -2.37. The number of carbonyl (C=O) groups is 2. The van der Waals surface area contributed by atoms with Crippen LogP contribution in [-0.2, 0) is 11.8 Å². The number of nitrogens with one attached hydrogen (secondary N) is 2. The molecule has 0 spiro atoms. The molecule has 4 rings (SSSR count). The molecule has 2 aliphatic heterocycles. The monoisotopic (exact) mass is 554 g/mol. The summed E-state index contributed by atoms with van der Waals surface area (Å²) in [5.41, 5.74) is 0.720. The molecule has 0 bridgehead atoms. The fourth-order valence-corrected chi connectivity index (χ4v) is 5.57. The lowest BCUT2D eigenvalue weighted by Gasteiger charge is -2.24. The second-order valence-corrected chi connectivity index (χ2v) is 11.2. The highest BCUT2D eigenvalue weighted by molar-refractivity contribution is 9.10. The number of amides is 2. The van der Waals surface area contributed by atoms with Crippen molar-refractivity contribution in [2.45, 2.75) is 44.2 Å². The standard InChI is InChI=1S/C23H28BrFN4O4S/c1-12-8-14(6-7-15(12)25)26-21(30)17-18-19(20(24)28(17)5)34-27-16-10-29(9-13(16)11-32-18)22(31)33-23(2,3)4/h6-8,13,16,27H,9-11H2,1-5H3,(H,26,30)/t13-,16-/m0/s1. The van der Waals surface area contributed by atoms with E-state index in [4.69, 9.17) is 9.47 Å². The van der Waals surface area contributed by atoms with Crippen LogP contribution >= 0.6 is 27.9 Å². The molecule has 34 heavy (non-hydrogen) atoms. The molecule has 1 aromatic carbocycles. The van der Waals surface area contributed by atoms with Gasteiger partial charge in [-0.15, -0.1) is 0 Å². The Morgan fingerprint density at radius 2 is 2.06 bits per heavy atom. The number of hydrogen-bond acceptors (Lipinski definition) is 6. The Balaban J connectivity index is 1.53. The minimum absolute atomic E-state index is 0.0113. The van der Waals surface area contributed by atoms with Gasteiger partial charge in [0.2, 0.25) is 0 Å². The van der Waals surface area contributed by atoms with Crippen molar-refractivity contribution in [1.29, 1.82) is 0 Å². The number of benzene rings is 1. The summed E-state index contributed by atoms with van der Waals surface area (Å²) in [7, 11) is 1.77. The molecule has 2 aliphatic rings. The van der Waals surface area contributed by atoms with Gasteiger partial charge in [0.15, 0.2) is 11.4 Å². The molecule has 2 aromatic rings. The number of anilines is 1. The molecule has 0 saturated carbocycles. The van der Waals surface area contributed by atoms with Gasteiger partial charge in [-0.1, -0.05) is 0 Å². The van der Waals surface area contributed by atoms with Gasteiger partial charge in [0, 0.05) is 37.8 Å². The van der Waals surface area contributed by atoms with E-state index in [0.29, 0.717) is 47.0 Å². The third kappa shape index (κ3) is 5.06. The molecule has 184 valence electrons. The Hall–Kier alpha value is -2.24. The van der Waals surface area contributed by atoms with Gasteiger partial charge >= 0.3 is 6.09 Å². The lowest BCUT2D eigenvalue weighted by atomic mass is 10.1. The highest BCUT2D eigenvalue weighted by Gasteiger charge is 2.40. The summed E-state index contributed by atoms with van der Waals surface area (Å²) in [5.74, 6) is -0.211. The molecule has 3 heterocycles. The third-order valence-electron chi connectivity index (χ3n) is 5.72. The van der Waals surface area contributed by atoms with E-state index >= 15 is 0 Å². The summed E-state index contributed by atoms with van der Waals surface area (Å²) in [6.07, 6.45) is -0.347. The lowest BCUT2D eigenvalue weighted by molar-refractivity contribution is 0.0283. The summed E-state index contributed by atoms with van der Waals surface area (Å²) < 4.78 is 31.2. The van der Waals surface area contributed by atoms with Gasteiger partial charge in [-0.25, -0.2) is 9.18 Å². The van der Waals surface area contributed by atoms with Crippen LogP contribution in [0.3, 0.4) is 0 Å². The molecule has 2 atom stereocenters. The van der Waals surface area contributed by atoms with E-state index in [1.54, 1.807) is 29.5 Å². The van der Waals surface area contributed by atoms with Crippen molar-refractivity contribution in [3.05, 3.63) is 39.9 Å². The molecular formula is C23H28BrFN4O4S. The number of nitrogens with zero attached hydrogens (tertiary/aromatic N) is 2. The minimum Gasteiger partial charge on any atom is -0.489 e. The molecule has 0 unspecified atom stereocenters. The topological polar surface area (TPSA) is 84.8 Å². The zero-order valence-corrected chi connectivity index (χ0v) is 22.1. The first-order valence-electron chi connectivity index (χ1n) is 10.9. The normalized spacial score (nSPS) is 20.0. The van der Waals surface area contributed by atoms with Gasteiger partial charge in [-0.3, -0.25) is 9.52 Å². The van der Waals surface area contributed by atoms with Crippen molar-refractivity contribution >= 4 is 45.6 Å². The van der Waals surface area contributed by atoms with Crippen LogP contribution in [-0.4, -0.2) is 52.8 Å². The fraction of sp³-hybridized carbons (Fsp3) is 0.478. The number of ether oxygens (including phenoxy) is 2. The van der Waals surface area contributed by atoms with Crippen LogP contribution in [0.25, 0.3) is 0 Å². The first-order chi connectivity index (χ1) is 15.9. The predicted octanol–water partition coefficient (Wildman–Crippen LogP) is 4.71. The fourth-order valence-electron chi connectivity index (χ4n) is 3.97. The van der Waals surface area contributed by atoms with Crippen molar-refractivity contribution in [1.82, 2.24) is 14.2 Å². The summed E-state index contributed by atoms with van der Waals surface area (Å²) in [4.78, 5) is 28.2. The Bertz CT molecular complexity index is 1130. The largest absolute Gasteiger partial charge is 0.489 e. The van der Waals surface area contributed by atoms with Gasteiger partial charge < -0.3 is 24.3 Å². The Labute approximate surface area is 210 Å². The quantitative estimate of drug-likeness (QED) is 0.523. The van der Waals surface area contributed by atoms with Crippen molar-refractivity contribution in [3.63, 3.8) is 0 Å². The second-order valence-electron chi connectivity index (χ2n) is 9.56. The number of carbonyl (C=O) groups excluding carboxylic acids is 2. The number of fused-ring (bicyclic) bond motifs is 2. The highest BCUT2D eigenvalue weighted by Crippen LogP contribution is 2.42. The second kappa shape index (κ2) is 9.43. The number of likely N-dealkylation sites (tertiary alicyclic amines) is 1. The van der Waals surface area contributed by atoms with E-state index < -0.39 is 5.60 Å². The van der Waals surface area contributed by atoms with Gasteiger partial charge in [0.25, 0.3) is 5.91 Å². The molecule has 8 nitrogen and oxygen atoms in total. The van der Waals surface area contributed by atoms with Crippen molar-refractivity contribution in [2.75, 3.05) is 25.0 Å². The van der Waals surface area contributed by atoms with Crippen LogP contribution in [0, 0.1) is 18.7 Å². The maximum Gasteiger partial charge on any atom is 0.410 e. The maximum absolute atomic E-state index is 13.6. The molecular weight excluding hydrogens is 527 g/mol. The van der Waals surface area contributed by atoms with E-state index in [2.05, 4.69) is 26.0 Å². The van der Waals surface area contributed by atoms with E-state index in [9.17, 15) is 14.0 Å². The summed E-state index contributed by atoms with van der Waals surface area (Å²) >= 11 is 4.94. The van der Waals surface area contributed by atoms with Crippen LogP contribution in [0.5, 0.6) is 5.75 Å². The molecule has 1 saturated heterocycles. The molecule has 0 radical (unpaired) electrons. The Morgan fingerprint density at radius 3 is 2.74 bits per heavy atom. The average Bonchev–Trinajstić information content (AvgIpc) is 3.23. The van der Waals surface area contributed by atoms with Gasteiger partial charge in [0.1, 0.15) is 16.0 Å². The molecule has 2 amide bonds. The highest BCUT2D eigenvalue weighted by atomic mass is 79.9. The molecule has 2 N–H and O–H groups in total. The number of aromatic nitrogens is 1. The van der Waals surface area contributed by atoms with Gasteiger partial charge in [-0.2, -0.15) is 0 Å². The number of aryl methyl sites for hydroxylation is 1. The first kappa shape index (κ1) is 24.9. The van der Waals surface area contributed by atoms with Crippen LogP contribution < -0.4 is 14.8 Å². The zero-order chi connectivity index (χ0) is 24.8. The number of halogens is 2. The van der Waals surface area contributed by atoms with Crippen molar-refractivity contribution in [2.24, 2.45) is 13.0 Å². The van der Waals surface area contributed by atoms with Crippen LogP contribution in [0.1, 0.15) is 36.8 Å². The third-order valence-corrected chi connectivity index (χ3v) is 7.91. The smallest absolute Gasteiger partial charge is 0.410 e. The first-order valence-corrected chi connectivity index (χ1v) is 12.5. The minimum atomic E-state index is -0.565. The van der Waals surface area contributed by atoms with E-state index in [0.717, 1.165) is 4.90 Å². The number of hydrogen-bond donors (Lipinski definition) is 2. The van der Waals surface area contributed by atoms with E-state index in [-0.39, 0.29) is 29.8 Å². The molecule has 0 aliphatic carbocycles. The predicted molar refractivity (Wildman–Crippen MR) is 132 cm³/mol.